The third kappa shape index (κ3) is 1.91. The lowest BCUT2D eigenvalue weighted by Crippen LogP contribution is -2.38. The zero-order valence-corrected chi connectivity index (χ0v) is 13.3. The molecular weight excluding hydrogens is 337 g/mol. The van der Waals surface area contributed by atoms with Gasteiger partial charge in [-0.1, -0.05) is 18.2 Å². The topological polar surface area (TPSA) is 120 Å². The van der Waals surface area contributed by atoms with Crippen LogP contribution in [0.3, 0.4) is 0 Å². The molecular formula is C18H12FN5O2. The molecule has 4 N–H and O–H groups in total. The summed E-state index contributed by atoms with van der Waals surface area (Å²) in [6, 6.07) is 10.9. The van der Waals surface area contributed by atoms with E-state index in [-0.39, 0.29) is 27.9 Å². The molecule has 1 aliphatic rings. The van der Waals surface area contributed by atoms with Crippen LogP contribution in [0.25, 0.3) is 16.6 Å². The maximum atomic E-state index is 13.7. The Labute approximate surface area is 145 Å². The van der Waals surface area contributed by atoms with Crippen molar-refractivity contribution in [1.29, 1.82) is 5.26 Å². The van der Waals surface area contributed by atoms with Gasteiger partial charge in [-0.2, -0.15) is 9.94 Å². The van der Waals surface area contributed by atoms with E-state index in [1.54, 1.807) is 12.1 Å². The van der Waals surface area contributed by atoms with Crippen molar-refractivity contribution in [2.24, 2.45) is 5.73 Å². The van der Waals surface area contributed by atoms with Gasteiger partial charge >= 0.3 is 0 Å². The molecule has 2 heterocycles. The highest BCUT2D eigenvalue weighted by Crippen LogP contribution is 2.32. The van der Waals surface area contributed by atoms with Crippen LogP contribution in [0.5, 0.6) is 0 Å². The minimum absolute atomic E-state index is 0.0105. The fourth-order valence-corrected chi connectivity index (χ4v) is 3.34. The standard InChI is InChI=1S/C18H12FN5O2/c19-10-4-1-3-9(7-10)15-12(8-20)16(22)24-18(26)14-11(17(25)23(15)24)5-2-6-13(14)21/h1-7,15H,21-22H2. The third-order valence-corrected chi connectivity index (χ3v) is 4.46. The van der Waals surface area contributed by atoms with Gasteiger partial charge in [0, 0.05) is 5.69 Å². The summed E-state index contributed by atoms with van der Waals surface area (Å²) in [5.74, 6) is -0.703. The number of nitriles is 1. The van der Waals surface area contributed by atoms with E-state index in [1.165, 1.54) is 30.3 Å². The molecule has 26 heavy (non-hydrogen) atoms. The van der Waals surface area contributed by atoms with Gasteiger partial charge in [-0.05, 0) is 29.8 Å². The molecule has 1 unspecified atom stereocenters. The second-order valence-electron chi connectivity index (χ2n) is 5.90. The Morgan fingerprint density at radius 2 is 1.81 bits per heavy atom. The molecule has 0 amide bonds. The number of fused-ring (bicyclic) bond motifs is 2. The second kappa shape index (κ2) is 5.32. The predicted molar refractivity (Wildman–Crippen MR) is 94.4 cm³/mol. The van der Waals surface area contributed by atoms with E-state index >= 15 is 0 Å². The SMILES string of the molecule is N#CC1=C(N)n2c(=O)c3c(N)cccc3c(=O)n2C1c1cccc(F)c1. The van der Waals surface area contributed by atoms with Crippen LogP contribution in [0, 0.1) is 17.1 Å². The van der Waals surface area contributed by atoms with Crippen molar-refractivity contribution in [2.75, 3.05) is 5.73 Å². The summed E-state index contributed by atoms with van der Waals surface area (Å²) in [5, 5.41) is 9.69. The Balaban J connectivity index is 2.19. The van der Waals surface area contributed by atoms with Crippen molar-refractivity contribution < 1.29 is 4.39 Å². The number of nitrogens with two attached hydrogens (primary N) is 2. The Bertz CT molecular complexity index is 1280. The molecule has 0 aliphatic carbocycles. The van der Waals surface area contributed by atoms with Crippen LogP contribution >= 0.6 is 0 Å². The van der Waals surface area contributed by atoms with Gasteiger partial charge in [-0.3, -0.25) is 9.59 Å². The summed E-state index contributed by atoms with van der Waals surface area (Å²) in [7, 11) is 0. The Kier molecular flexibility index (Phi) is 3.20. The summed E-state index contributed by atoms with van der Waals surface area (Å²) < 4.78 is 15.7. The number of nitrogens with zero attached hydrogens (tertiary/aromatic N) is 3. The summed E-state index contributed by atoms with van der Waals surface area (Å²) >= 11 is 0. The first kappa shape index (κ1) is 15.7. The number of hydrogen-bond donors (Lipinski definition) is 2. The van der Waals surface area contributed by atoms with Gasteiger partial charge in [0.2, 0.25) is 0 Å². The Hall–Kier alpha value is -3.86. The van der Waals surface area contributed by atoms with E-state index in [4.69, 9.17) is 11.5 Å². The molecule has 8 heteroatoms. The van der Waals surface area contributed by atoms with Crippen molar-refractivity contribution in [3.05, 3.63) is 80.1 Å². The molecule has 1 aromatic heterocycles. The fourth-order valence-electron chi connectivity index (χ4n) is 3.34. The quantitative estimate of drug-likeness (QED) is 0.638. The molecule has 1 atom stereocenters. The van der Waals surface area contributed by atoms with Crippen LogP contribution in [0.1, 0.15) is 11.6 Å². The van der Waals surface area contributed by atoms with Crippen LogP contribution in [-0.4, -0.2) is 9.36 Å². The molecule has 128 valence electrons. The first-order chi connectivity index (χ1) is 12.5. The van der Waals surface area contributed by atoms with Crippen molar-refractivity contribution in [1.82, 2.24) is 9.36 Å². The van der Waals surface area contributed by atoms with E-state index in [0.717, 1.165) is 9.36 Å². The van der Waals surface area contributed by atoms with Gasteiger partial charge in [0.05, 0.1) is 10.8 Å². The normalized spacial score (nSPS) is 15.9. The largest absolute Gasteiger partial charge is 0.398 e. The monoisotopic (exact) mass is 349 g/mol. The Morgan fingerprint density at radius 1 is 1.08 bits per heavy atom. The Morgan fingerprint density at radius 3 is 2.50 bits per heavy atom. The molecule has 7 nitrogen and oxygen atoms in total. The lowest BCUT2D eigenvalue weighted by atomic mass is 10.0. The minimum atomic E-state index is -0.998. The number of allylic oxidation sites excluding steroid dienone is 1. The summed E-state index contributed by atoms with van der Waals surface area (Å²) in [4.78, 5) is 26.0. The molecule has 1 aliphatic heterocycles. The number of nitrogen functional groups attached to an aromatic ring is 1. The molecule has 0 bridgehead atoms. The van der Waals surface area contributed by atoms with Gasteiger partial charge in [0.15, 0.2) is 0 Å². The molecule has 0 spiro atoms. The van der Waals surface area contributed by atoms with Crippen LogP contribution in [0.15, 0.2) is 57.6 Å². The van der Waals surface area contributed by atoms with Crippen LogP contribution in [0.4, 0.5) is 10.1 Å². The molecule has 4 rings (SSSR count). The number of halogens is 1. The van der Waals surface area contributed by atoms with E-state index in [9.17, 15) is 19.2 Å². The molecule has 0 saturated heterocycles. The van der Waals surface area contributed by atoms with Crippen LogP contribution in [0.2, 0.25) is 0 Å². The van der Waals surface area contributed by atoms with Gasteiger partial charge in [0.1, 0.15) is 29.3 Å². The van der Waals surface area contributed by atoms with E-state index in [0.29, 0.717) is 5.56 Å². The first-order valence-corrected chi connectivity index (χ1v) is 7.67. The fraction of sp³-hybridized carbons (Fsp3) is 0.0556. The van der Waals surface area contributed by atoms with E-state index in [1.807, 2.05) is 6.07 Å². The summed E-state index contributed by atoms with van der Waals surface area (Å²) in [6.45, 7) is 0. The zero-order chi connectivity index (χ0) is 18.6. The van der Waals surface area contributed by atoms with Gasteiger partial charge in [-0.25, -0.2) is 9.07 Å². The number of hydrogen-bond acceptors (Lipinski definition) is 5. The summed E-state index contributed by atoms with van der Waals surface area (Å²) in [5.41, 5.74) is 11.2. The van der Waals surface area contributed by atoms with Crippen molar-refractivity contribution in [2.45, 2.75) is 6.04 Å². The molecule has 3 aromatic rings. The highest BCUT2D eigenvalue weighted by molar-refractivity contribution is 5.92. The predicted octanol–water partition coefficient (Wildman–Crippen LogP) is 1.14. The molecule has 0 fully saturated rings. The van der Waals surface area contributed by atoms with E-state index in [2.05, 4.69) is 0 Å². The maximum Gasteiger partial charge on any atom is 0.281 e. The average molecular weight is 349 g/mol. The number of anilines is 1. The lowest BCUT2D eigenvalue weighted by molar-refractivity contribution is 0.535. The van der Waals surface area contributed by atoms with Crippen molar-refractivity contribution in [3.8, 4) is 6.07 Å². The molecule has 2 aromatic carbocycles. The van der Waals surface area contributed by atoms with Crippen molar-refractivity contribution in [3.63, 3.8) is 0 Å². The first-order valence-electron chi connectivity index (χ1n) is 7.67. The number of benzene rings is 2. The van der Waals surface area contributed by atoms with Crippen LogP contribution in [-0.2, 0) is 0 Å². The van der Waals surface area contributed by atoms with Gasteiger partial charge < -0.3 is 11.5 Å². The zero-order valence-electron chi connectivity index (χ0n) is 13.3. The highest BCUT2D eigenvalue weighted by Gasteiger charge is 2.35. The van der Waals surface area contributed by atoms with Gasteiger partial charge in [0.25, 0.3) is 11.1 Å². The van der Waals surface area contributed by atoms with Gasteiger partial charge in [-0.15, -0.1) is 0 Å². The highest BCUT2D eigenvalue weighted by atomic mass is 19.1. The maximum absolute atomic E-state index is 13.7. The minimum Gasteiger partial charge on any atom is -0.398 e. The smallest absolute Gasteiger partial charge is 0.281 e. The summed E-state index contributed by atoms with van der Waals surface area (Å²) in [6.07, 6.45) is 0. The van der Waals surface area contributed by atoms with Crippen LogP contribution < -0.4 is 22.6 Å². The van der Waals surface area contributed by atoms with E-state index < -0.39 is 23.0 Å². The number of aromatic nitrogens is 2. The lowest BCUT2D eigenvalue weighted by Gasteiger charge is -2.17. The van der Waals surface area contributed by atoms with Crippen molar-refractivity contribution >= 4 is 22.3 Å². The molecule has 0 saturated carbocycles. The molecule has 0 radical (unpaired) electrons. The number of rotatable bonds is 1. The third-order valence-electron chi connectivity index (χ3n) is 4.46. The average Bonchev–Trinajstić information content (AvgIpc) is 2.92. The second-order valence-corrected chi connectivity index (χ2v) is 5.90.